The van der Waals surface area contributed by atoms with Gasteiger partial charge in [0.15, 0.2) is 0 Å². The Morgan fingerprint density at radius 2 is 2.06 bits per heavy atom. The van der Waals surface area contributed by atoms with Gasteiger partial charge in [-0.25, -0.2) is 0 Å². The molecule has 2 aromatic rings. The van der Waals surface area contributed by atoms with E-state index in [1.807, 2.05) is 55.1 Å². The first kappa shape index (κ1) is 12.8. The second-order valence-electron chi connectivity index (χ2n) is 4.24. The maximum atomic E-state index is 6.08. The van der Waals surface area contributed by atoms with E-state index in [2.05, 4.69) is 5.10 Å². The van der Waals surface area contributed by atoms with Crippen LogP contribution in [0.5, 0.6) is 5.75 Å². The smallest absolute Gasteiger partial charge is 0.128 e. The lowest BCUT2D eigenvalue weighted by atomic mass is 10.1. The van der Waals surface area contributed by atoms with Crippen LogP contribution in [0.15, 0.2) is 24.4 Å². The van der Waals surface area contributed by atoms with Crippen molar-refractivity contribution in [1.82, 2.24) is 9.78 Å². The van der Waals surface area contributed by atoms with Crippen molar-refractivity contribution in [2.24, 2.45) is 7.05 Å². The van der Waals surface area contributed by atoms with E-state index in [1.165, 1.54) is 0 Å². The number of methoxy groups -OCH3 is 1. The summed E-state index contributed by atoms with van der Waals surface area (Å²) in [7, 11) is 7.52. The Labute approximate surface area is 112 Å². The van der Waals surface area contributed by atoms with Gasteiger partial charge in [0.1, 0.15) is 5.75 Å². The Hall–Kier alpha value is -1.68. The SMILES string of the molecule is COc1ccc(Cl)cc1-c1c(N(C)C)cnn1C. The molecule has 0 N–H and O–H groups in total. The van der Waals surface area contributed by atoms with E-state index in [9.17, 15) is 0 Å². The molecule has 4 nitrogen and oxygen atoms in total. The molecular weight excluding hydrogens is 250 g/mol. The van der Waals surface area contributed by atoms with Gasteiger partial charge in [0.25, 0.3) is 0 Å². The van der Waals surface area contributed by atoms with Crippen LogP contribution < -0.4 is 9.64 Å². The molecule has 2 rings (SSSR count). The highest BCUT2D eigenvalue weighted by Gasteiger charge is 2.16. The van der Waals surface area contributed by atoms with Crippen molar-refractivity contribution in [3.63, 3.8) is 0 Å². The van der Waals surface area contributed by atoms with Gasteiger partial charge in [0.2, 0.25) is 0 Å². The molecule has 0 bridgehead atoms. The molecule has 0 atom stereocenters. The number of hydrogen-bond acceptors (Lipinski definition) is 3. The predicted octanol–water partition coefficient (Wildman–Crippen LogP) is 2.82. The molecule has 0 aliphatic rings. The molecule has 0 unspecified atom stereocenters. The summed E-state index contributed by atoms with van der Waals surface area (Å²) in [6, 6.07) is 5.57. The standard InChI is InChI=1S/C13H16ClN3O/c1-16(2)11-8-15-17(3)13(11)10-7-9(14)5-6-12(10)18-4/h5-8H,1-4H3. The average Bonchev–Trinajstić information content (AvgIpc) is 2.71. The van der Waals surface area contributed by atoms with Crippen LogP contribution in [0.1, 0.15) is 0 Å². The molecule has 96 valence electrons. The number of anilines is 1. The van der Waals surface area contributed by atoms with E-state index >= 15 is 0 Å². The highest BCUT2D eigenvalue weighted by atomic mass is 35.5. The molecule has 5 heteroatoms. The van der Waals surface area contributed by atoms with Gasteiger partial charge >= 0.3 is 0 Å². The lowest BCUT2D eigenvalue weighted by Gasteiger charge is -2.16. The minimum Gasteiger partial charge on any atom is -0.496 e. The van der Waals surface area contributed by atoms with Crippen LogP contribution in [0.4, 0.5) is 5.69 Å². The predicted molar refractivity (Wildman–Crippen MR) is 74.5 cm³/mol. The number of aromatic nitrogens is 2. The summed E-state index contributed by atoms with van der Waals surface area (Å²) in [6.07, 6.45) is 1.83. The molecule has 0 aliphatic carbocycles. The van der Waals surface area contributed by atoms with Crippen molar-refractivity contribution >= 4 is 17.3 Å². The molecule has 1 heterocycles. The van der Waals surface area contributed by atoms with Crippen molar-refractivity contribution in [2.45, 2.75) is 0 Å². The highest BCUT2D eigenvalue weighted by Crippen LogP contribution is 2.37. The summed E-state index contributed by atoms with van der Waals surface area (Å²) in [5.41, 5.74) is 2.95. The van der Waals surface area contributed by atoms with E-state index in [4.69, 9.17) is 16.3 Å². The number of hydrogen-bond donors (Lipinski definition) is 0. The molecule has 0 saturated carbocycles. The molecule has 1 aromatic carbocycles. The molecule has 1 aromatic heterocycles. The van der Waals surface area contributed by atoms with Crippen molar-refractivity contribution < 1.29 is 4.74 Å². The largest absolute Gasteiger partial charge is 0.496 e. The van der Waals surface area contributed by atoms with Gasteiger partial charge in [-0.3, -0.25) is 4.68 Å². The maximum Gasteiger partial charge on any atom is 0.128 e. The zero-order chi connectivity index (χ0) is 13.3. The topological polar surface area (TPSA) is 30.3 Å². The normalized spacial score (nSPS) is 10.5. The van der Waals surface area contributed by atoms with Crippen LogP contribution >= 0.6 is 11.6 Å². The van der Waals surface area contributed by atoms with Gasteiger partial charge in [-0.2, -0.15) is 5.10 Å². The summed E-state index contributed by atoms with van der Waals surface area (Å²) < 4.78 is 7.22. The number of halogens is 1. The molecular formula is C13H16ClN3O. The van der Waals surface area contributed by atoms with Crippen molar-refractivity contribution in [3.8, 4) is 17.0 Å². The summed E-state index contributed by atoms with van der Waals surface area (Å²) in [6.45, 7) is 0. The van der Waals surface area contributed by atoms with E-state index in [-0.39, 0.29) is 0 Å². The van der Waals surface area contributed by atoms with Gasteiger partial charge in [-0.05, 0) is 18.2 Å². The molecule has 0 aliphatic heterocycles. The van der Waals surface area contributed by atoms with Crippen LogP contribution in [0, 0.1) is 0 Å². The number of ether oxygens (including phenoxy) is 1. The second kappa shape index (κ2) is 4.90. The summed E-state index contributed by atoms with van der Waals surface area (Å²) in [5.74, 6) is 0.783. The van der Waals surface area contributed by atoms with E-state index < -0.39 is 0 Å². The molecule has 0 amide bonds. The van der Waals surface area contributed by atoms with Gasteiger partial charge in [0, 0.05) is 31.7 Å². The van der Waals surface area contributed by atoms with Gasteiger partial charge in [-0.15, -0.1) is 0 Å². The molecule has 0 saturated heterocycles. The number of benzene rings is 1. The fourth-order valence-electron chi connectivity index (χ4n) is 1.93. The number of nitrogens with zero attached hydrogens (tertiary/aromatic N) is 3. The van der Waals surface area contributed by atoms with E-state index in [0.29, 0.717) is 5.02 Å². The Kier molecular flexibility index (Phi) is 3.48. The maximum absolute atomic E-state index is 6.08. The molecule has 0 spiro atoms. The third-order valence-electron chi connectivity index (χ3n) is 2.82. The van der Waals surface area contributed by atoms with Crippen LogP contribution in [-0.2, 0) is 7.05 Å². The van der Waals surface area contributed by atoms with Crippen molar-refractivity contribution in [1.29, 1.82) is 0 Å². The van der Waals surface area contributed by atoms with Crippen LogP contribution in [0.3, 0.4) is 0 Å². The second-order valence-corrected chi connectivity index (χ2v) is 4.68. The Morgan fingerprint density at radius 1 is 1.33 bits per heavy atom. The first-order valence-corrected chi connectivity index (χ1v) is 5.95. The zero-order valence-electron chi connectivity index (χ0n) is 10.9. The minimum atomic E-state index is 0.678. The third-order valence-corrected chi connectivity index (χ3v) is 3.05. The summed E-state index contributed by atoms with van der Waals surface area (Å²) in [5, 5.41) is 4.97. The summed E-state index contributed by atoms with van der Waals surface area (Å²) >= 11 is 6.08. The number of rotatable bonds is 3. The summed E-state index contributed by atoms with van der Waals surface area (Å²) in [4.78, 5) is 2.02. The van der Waals surface area contributed by atoms with E-state index in [1.54, 1.807) is 7.11 Å². The highest BCUT2D eigenvalue weighted by molar-refractivity contribution is 6.31. The van der Waals surface area contributed by atoms with Gasteiger partial charge in [0.05, 0.1) is 24.7 Å². The lowest BCUT2D eigenvalue weighted by Crippen LogP contribution is -2.09. The fourth-order valence-corrected chi connectivity index (χ4v) is 2.10. The Bertz CT molecular complexity index is 563. The molecule has 0 fully saturated rings. The quantitative estimate of drug-likeness (QED) is 0.855. The van der Waals surface area contributed by atoms with Crippen molar-refractivity contribution in [3.05, 3.63) is 29.4 Å². The third kappa shape index (κ3) is 2.16. The monoisotopic (exact) mass is 265 g/mol. The Morgan fingerprint density at radius 3 is 2.67 bits per heavy atom. The lowest BCUT2D eigenvalue weighted by molar-refractivity contribution is 0.416. The van der Waals surface area contributed by atoms with Gasteiger partial charge < -0.3 is 9.64 Å². The van der Waals surface area contributed by atoms with Crippen LogP contribution in [0.2, 0.25) is 5.02 Å². The zero-order valence-corrected chi connectivity index (χ0v) is 11.7. The average molecular weight is 266 g/mol. The first-order valence-electron chi connectivity index (χ1n) is 5.58. The molecule has 0 radical (unpaired) electrons. The van der Waals surface area contributed by atoms with Crippen LogP contribution in [-0.4, -0.2) is 31.0 Å². The van der Waals surface area contributed by atoms with E-state index in [0.717, 1.165) is 22.7 Å². The minimum absolute atomic E-state index is 0.678. The first-order chi connectivity index (χ1) is 8.54. The molecule has 18 heavy (non-hydrogen) atoms. The van der Waals surface area contributed by atoms with Crippen molar-refractivity contribution in [2.75, 3.05) is 26.1 Å². The number of aryl methyl sites for hydroxylation is 1. The fraction of sp³-hybridized carbons (Fsp3) is 0.308. The van der Waals surface area contributed by atoms with Crippen LogP contribution in [0.25, 0.3) is 11.3 Å². The Balaban J connectivity index is 2.68. The van der Waals surface area contributed by atoms with Gasteiger partial charge in [-0.1, -0.05) is 11.6 Å².